The van der Waals surface area contributed by atoms with E-state index in [0.717, 1.165) is 61.2 Å². The minimum atomic E-state index is -0.546. The third-order valence-corrected chi connectivity index (χ3v) is 5.86. The molecular formula is C24H28N4O2. The van der Waals surface area contributed by atoms with Crippen molar-refractivity contribution in [2.45, 2.75) is 31.7 Å². The van der Waals surface area contributed by atoms with Gasteiger partial charge in [0.25, 0.3) is 5.91 Å². The Labute approximate surface area is 176 Å². The Morgan fingerprint density at radius 2 is 1.93 bits per heavy atom. The van der Waals surface area contributed by atoms with Gasteiger partial charge in [-0.1, -0.05) is 36.4 Å². The maximum absolute atomic E-state index is 11.3. The van der Waals surface area contributed by atoms with Crippen LogP contribution in [0.5, 0.6) is 0 Å². The number of likely N-dealkylation sites (tertiary alicyclic amines) is 1. The summed E-state index contributed by atoms with van der Waals surface area (Å²) >= 11 is 0. The molecule has 156 valence electrons. The lowest BCUT2D eigenvalue weighted by Crippen LogP contribution is -2.32. The number of hydroxylamine groups is 1. The van der Waals surface area contributed by atoms with Crippen LogP contribution in [0, 0.1) is 0 Å². The molecule has 2 aromatic carbocycles. The third-order valence-electron chi connectivity index (χ3n) is 5.86. The van der Waals surface area contributed by atoms with Crippen molar-refractivity contribution in [3.05, 3.63) is 71.6 Å². The highest BCUT2D eigenvalue weighted by Crippen LogP contribution is 2.30. The third kappa shape index (κ3) is 4.61. The average molecular weight is 405 g/mol. The van der Waals surface area contributed by atoms with Crippen LogP contribution in [0.4, 0.5) is 0 Å². The maximum Gasteiger partial charge on any atom is 0.267 e. The van der Waals surface area contributed by atoms with Gasteiger partial charge in [-0.05, 0) is 68.7 Å². The molecule has 30 heavy (non-hydrogen) atoms. The number of nitrogens with zero attached hydrogens (tertiary/aromatic N) is 3. The minimum Gasteiger partial charge on any atom is -0.325 e. The largest absolute Gasteiger partial charge is 0.325 e. The van der Waals surface area contributed by atoms with E-state index >= 15 is 0 Å². The summed E-state index contributed by atoms with van der Waals surface area (Å²) in [6.45, 7) is 2.19. The van der Waals surface area contributed by atoms with E-state index in [4.69, 9.17) is 10.2 Å². The number of hydrogen-bond donors (Lipinski definition) is 2. The van der Waals surface area contributed by atoms with Gasteiger partial charge in [0.1, 0.15) is 5.82 Å². The molecule has 6 nitrogen and oxygen atoms in total. The standard InChI is InChI=1S/C24H28N4O2/c1-27-15-13-20(14-16-27)28-22-10-7-19(9-12-24(29)26-30)17-21(22)25-23(28)11-8-18-5-3-2-4-6-18/h2-7,9-10,12,17,20,30H,8,11,13-16H2,1H3,(H,26,29)/b12-9+. The molecule has 0 spiro atoms. The lowest BCUT2D eigenvalue weighted by Gasteiger charge is -2.31. The Balaban J connectivity index is 1.66. The summed E-state index contributed by atoms with van der Waals surface area (Å²) in [6.07, 6.45) is 7.09. The number of carbonyl (C=O) groups excluding carboxylic acids is 1. The SMILES string of the molecule is CN1CCC(n2c(CCc3ccccc3)nc3cc(/C=C/C(=O)NO)ccc32)CC1. The van der Waals surface area contributed by atoms with E-state index in [1.54, 1.807) is 11.6 Å². The molecule has 0 saturated carbocycles. The van der Waals surface area contributed by atoms with Crippen LogP contribution in [0.3, 0.4) is 0 Å². The number of hydrogen-bond acceptors (Lipinski definition) is 4. The van der Waals surface area contributed by atoms with Crippen molar-refractivity contribution in [1.29, 1.82) is 0 Å². The molecule has 6 heteroatoms. The lowest BCUT2D eigenvalue weighted by atomic mass is 10.0. The Kier molecular flexibility index (Phi) is 6.26. The van der Waals surface area contributed by atoms with Gasteiger partial charge in [-0.25, -0.2) is 10.5 Å². The summed E-state index contributed by atoms with van der Waals surface area (Å²) in [7, 11) is 2.18. The van der Waals surface area contributed by atoms with Crippen molar-refractivity contribution < 1.29 is 10.0 Å². The van der Waals surface area contributed by atoms with Gasteiger partial charge in [0.2, 0.25) is 0 Å². The van der Waals surface area contributed by atoms with Gasteiger partial charge in [0.15, 0.2) is 0 Å². The van der Waals surface area contributed by atoms with Crippen LogP contribution < -0.4 is 5.48 Å². The highest BCUT2D eigenvalue weighted by Gasteiger charge is 2.23. The molecule has 0 radical (unpaired) electrons. The van der Waals surface area contributed by atoms with Gasteiger partial charge in [-0.2, -0.15) is 0 Å². The van der Waals surface area contributed by atoms with E-state index in [0.29, 0.717) is 6.04 Å². The number of amides is 1. The second-order valence-electron chi connectivity index (χ2n) is 7.98. The number of aromatic nitrogens is 2. The lowest BCUT2D eigenvalue weighted by molar-refractivity contribution is -0.124. The van der Waals surface area contributed by atoms with Gasteiger partial charge < -0.3 is 9.47 Å². The number of benzene rings is 2. The predicted molar refractivity (Wildman–Crippen MR) is 118 cm³/mol. The highest BCUT2D eigenvalue weighted by molar-refractivity contribution is 5.91. The molecule has 1 aliphatic heterocycles. The van der Waals surface area contributed by atoms with E-state index < -0.39 is 5.91 Å². The van der Waals surface area contributed by atoms with Crippen molar-refractivity contribution >= 4 is 23.0 Å². The van der Waals surface area contributed by atoms with E-state index in [1.165, 1.54) is 11.6 Å². The molecular weight excluding hydrogens is 376 g/mol. The predicted octanol–water partition coefficient (Wildman–Crippen LogP) is 3.61. The molecule has 2 heterocycles. The number of piperidine rings is 1. The highest BCUT2D eigenvalue weighted by atomic mass is 16.5. The summed E-state index contributed by atoms with van der Waals surface area (Å²) in [4.78, 5) is 18.7. The van der Waals surface area contributed by atoms with Crippen LogP contribution in [0.15, 0.2) is 54.6 Å². The molecule has 0 aliphatic carbocycles. The molecule has 0 bridgehead atoms. The van der Waals surface area contributed by atoms with E-state index in [2.05, 4.69) is 46.8 Å². The first-order chi connectivity index (χ1) is 14.6. The Bertz CT molecular complexity index is 1030. The molecule has 0 unspecified atom stereocenters. The number of nitrogens with one attached hydrogen (secondary N) is 1. The van der Waals surface area contributed by atoms with Crippen LogP contribution in [-0.2, 0) is 17.6 Å². The molecule has 1 aromatic heterocycles. The van der Waals surface area contributed by atoms with Crippen LogP contribution in [0.25, 0.3) is 17.1 Å². The van der Waals surface area contributed by atoms with Crippen molar-refractivity contribution in [1.82, 2.24) is 19.9 Å². The van der Waals surface area contributed by atoms with Crippen LogP contribution >= 0.6 is 0 Å². The van der Waals surface area contributed by atoms with Crippen molar-refractivity contribution in [3.8, 4) is 0 Å². The van der Waals surface area contributed by atoms with Crippen LogP contribution in [0.1, 0.15) is 35.8 Å². The minimum absolute atomic E-state index is 0.457. The Hall–Kier alpha value is -2.96. The number of imidazole rings is 1. The molecule has 4 rings (SSSR count). The number of rotatable bonds is 6. The number of carbonyl (C=O) groups is 1. The first-order valence-electron chi connectivity index (χ1n) is 10.5. The van der Waals surface area contributed by atoms with E-state index in [9.17, 15) is 4.79 Å². The Morgan fingerprint density at radius 1 is 1.17 bits per heavy atom. The van der Waals surface area contributed by atoms with Crippen molar-refractivity contribution in [3.63, 3.8) is 0 Å². The van der Waals surface area contributed by atoms with Crippen molar-refractivity contribution in [2.24, 2.45) is 0 Å². The summed E-state index contributed by atoms with van der Waals surface area (Å²) < 4.78 is 2.44. The smallest absolute Gasteiger partial charge is 0.267 e. The second-order valence-corrected chi connectivity index (χ2v) is 7.98. The molecule has 0 atom stereocenters. The molecule has 1 aliphatic rings. The average Bonchev–Trinajstić information content (AvgIpc) is 3.15. The van der Waals surface area contributed by atoms with Crippen LogP contribution in [-0.4, -0.2) is 45.7 Å². The summed E-state index contributed by atoms with van der Waals surface area (Å²) in [5.74, 6) is 0.577. The van der Waals surface area contributed by atoms with E-state index in [-0.39, 0.29) is 0 Å². The summed E-state index contributed by atoms with van der Waals surface area (Å²) in [5.41, 5.74) is 5.91. The van der Waals surface area contributed by atoms with Crippen molar-refractivity contribution in [2.75, 3.05) is 20.1 Å². The molecule has 3 aromatic rings. The quantitative estimate of drug-likeness (QED) is 0.374. The second kappa shape index (κ2) is 9.24. The molecule has 1 fully saturated rings. The number of fused-ring (bicyclic) bond motifs is 1. The molecule has 1 amide bonds. The van der Waals surface area contributed by atoms with Gasteiger partial charge in [0.05, 0.1) is 11.0 Å². The fourth-order valence-corrected chi connectivity index (χ4v) is 4.22. The topological polar surface area (TPSA) is 70.4 Å². The zero-order chi connectivity index (χ0) is 20.9. The number of aryl methyl sites for hydroxylation is 2. The molecule has 2 N–H and O–H groups in total. The van der Waals surface area contributed by atoms with Gasteiger partial charge in [-0.15, -0.1) is 0 Å². The first-order valence-corrected chi connectivity index (χ1v) is 10.5. The zero-order valence-corrected chi connectivity index (χ0v) is 17.3. The van der Waals surface area contributed by atoms with Gasteiger partial charge in [-0.3, -0.25) is 10.0 Å². The van der Waals surface area contributed by atoms with Gasteiger partial charge in [0, 0.05) is 18.5 Å². The first kappa shape index (κ1) is 20.3. The summed E-state index contributed by atoms with van der Waals surface area (Å²) in [6, 6.07) is 17.1. The fourth-order valence-electron chi connectivity index (χ4n) is 4.22. The summed E-state index contributed by atoms with van der Waals surface area (Å²) in [5, 5.41) is 8.67. The fraction of sp³-hybridized carbons (Fsp3) is 0.333. The van der Waals surface area contributed by atoms with Crippen LogP contribution in [0.2, 0.25) is 0 Å². The van der Waals surface area contributed by atoms with E-state index in [1.807, 2.05) is 18.2 Å². The zero-order valence-electron chi connectivity index (χ0n) is 17.3. The monoisotopic (exact) mass is 404 g/mol. The maximum atomic E-state index is 11.3. The van der Waals surface area contributed by atoms with Gasteiger partial charge >= 0.3 is 0 Å². The Morgan fingerprint density at radius 3 is 2.67 bits per heavy atom. The molecule has 1 saturated heterocycles. The normalized spacial score (nSPS) is 15.8.